The van der Waals surface area contributed by atoms with E-state index < -0.39 is 5.97 Å². The lowest BCUT2D eigenvalue weighted by Gasteiger charge is -2.20. The van der Waals surface area contributed by atoms with Crippen LogP contribution in [0.2, 0.25) is 0 Å². The molecule has 0 radical (unpaired) electrons. The summed E-state index contributed by atoms with van der Waals surface area (Å²) in [5.74, 6) is 0.686. The quantitative estimate of drug-likeness (QED) is 0.845. The summed E-state index contributed by atoms with van der Waals surface area (Å²) in [4.78, 5) is 26.6. The van der Waals surface area contributed by atoms with Gasteiger partial charge in [-0.1, -0.05) is 6.42 Å². The molecule has 0 aromatic carbocycles. The second-order valence-electron chi connectivity index (χ2n) is 5.87. The van der Waals surface area contributed by atoms with Gasteiger partial charge in [0.1, 0.15) is 0 Å². The summed E-state index contributed by atoms with van der Waals surface area (Å²) in [6.07, 6.45) is 7.72. The molecule has 3 unspecified atom stereocenters. The van der Waals surface area contributed by atoms with Gasteiger partial charge >= 0.3 is 5.97 Å². The van der Waals surface area contributed by atoms with E-state index in [1.807, 2.05) is 0 Å². The number of fused-ring (bicyclic) bond motifs is 2. The minimum Gasteiger partial charge on any atom is -0.476 e. The van der Waals surface area contributed by atoms with Gasteiger partial charge in [-0.2, -0.15) is 0 Å². The summed E-state index contributed by atoms with van der Waals surface area (Å²) in [5, 5.41) is 11.7. The zero-order chi connectivity index (χ0) is 14.1. The number of carbonyl (C=O) groups excluding carboxylic acids is 1. The number of carboxylic acid groups (broad SMARTS) is 1. The second-order valence-corrected chi connectivity index (χ2v) is 5.87. The highest BCUT2D eigenvalue weighted by Gasteiger charge is 2.42. The third-order valence-corrected chi connectivity index (χ3v) is 4.60. The number of imidazole rings is 1. The van der Waals surface area contributed by atoms with E-state index in [-0.39, 0.29) is 17.5 Å². The van der Waals surface area contributed by atoms with Crippen LogP contribution in [0, 0.1) is 17.8 Å². The molecule has 2 bridgehead atoms. The van der Waals surface area contributed by atoms with Crippen molar-refractivity contribution in [3.63, 3.8) is 0 Å². The lowest BCUT2D eigenvalue weighted by atomic mass is 9.88. The van der Waals surface area contributed by atoms with Gasteiger partial charge in [0.25, 0.3) is 0 Å². The van der Waals surface area contributed by atoms with Crippen molar-refractivity contribution in [3.05, 3.63) is 18.2 Å². The number of hydrogen-bond acceptors (Lipinski definition) is 3. The Morgan fingerprint density at radius 3 is 2.85 bits per heavy atom. The van der Waals surface area contributed by atoms with Gasteiger partial charge < -0.3 is 15.0 Å². The third kappa shape index (κ3) is 2.55. The Balaban J connectivity index is 1.45. The smallest absolute Gasteiger partial charge is 0.356 e. The summed E-state index contributed by atoms with van der Waals surface area (Å²) in [6.45, 7) is 1.06. The molecule has 1 aromatic heterocycles. The summed E-state index contributed by atoms with van der Waals surface area (Å²) in [6, 6.07) is 0. The van der Waals surface area contributed by atoms with E-state index in [4.69, 9.17) is 5.11 Å². The van der Waals surface area contributed by atoms with E-state index >= 15 is 0 Å². The standard InChI is InChI=1S/C14H19N3O3/c18-13(11-6-9-1-2-10(11)5-9)15-3-4-17-7-12(14(19)20)16-8-17/h7-11H,1-6H2,(H,15,18)(H,19,20). The van der Waals surface area contributed by atoms with Gasteiger partial charge in [0, 0.05) is 25.2 Å². The highest BCUT2D eigenvalue weighted by atomic mass is 16.4. The number of carboxylic acids is 1. The Morgan fingerprint density at radius 2 is 2.25 bits per heavy atom. The average Bonchev–Trinajstić information content (AvgIpc) is 3.14. The van der Waals surface area contributed by atoms with Crippen molar-refractivity contribution in [2.24, 2.45) is 17.8 Å². The average molecular weight is 277 g/mol. The van der Waals surface area contributed by atoms with Gasteiger partial charge in [-0.05, 0) is 31.1 Å². The fourth-order valence-electron chi connectivity index (χ4n) is 3.60. The zero-order valence-corrected chi connectivity index (χ0v) is 11.3. The van der Waals surface area contributed by atoms with Crippen LogP contribution in [0.25, 0.3) is 0 Å². The summed E-state index contributed by atoms with van der Waals surface area (Å²) in [5.41, 5.74) is 0.0319. The van der Waals surface area contributed by atoms with Crippen molar-refractivity contribution in [1.29, 1.82) is 0 Å². The molecule has 2 fully saturated rings. The third-order valence-electron chi connectivity index (χ3n) is 4.60. The second kappa shape index (κ2) is 5.26. The fourth-order valence-corrected chi connectivity index (χ4v) is 3.60. The maximum Gasteiger partial charge on any atom is 0.356 e. The molecule has 2 aliphatic carbocycles. The van der Waals surface area contributed by atoms with Crippen LogP contribution in [-0.2, 0) is 11.3 Å². The SMILES string of the molecule is O=C(O)c1cn(CCNC(=O)C2CC3CCC2C3)cn1. The molecular weight excluding hydrogens is 258 g/mol. The Hall–Kier alpha value is -1.85. The molecule has 0 saturated heterocycles. The number of nitrogens with one attached hydrogen (secondary N) is 1. The summed E-state index contributed by atoms with van der Waals surface area (Å²) < 4.78 is 1.69. The van der Waals surface area contributed by atoms with Crippen molar-refractivity contribution in [3.8, 4) is 0 Å². The highest BCUT2D eigenvalue weighted by molar-refractivity contribution is 5.84. The van der Waals surface area contributed by atoms with Crippen molar-refractivity contribution >= 4 is 11.9 Å². The zero-order valence-electron chi connectivity index (χ0n) is 11.3. The molecule has 2 aliphatic rings. The molecule has 6 heteroatoms. The predicted octanol–water partition coefficient (Wildman–Crippen LogP) is 1.13. The van der Waals surface area contributed by atoms with Crippen LogP contribution in [0.5, 0.6) is 0 Å². The van der Waals surface area contributed by atoms with Crippen LogP contribution >= 0.6 is 0 Å². The van der Waals surface area contributed by atoms with E-state index in [0.717, 1.165) is 12.3 Å². The van der Waals surface area contributed by atoms with Crippen LogP contribution in [0.4, 0.5) is 0 Å². The van der Waals surface area contributed by atoms with E-state index in [9.17, 15) is 9.59 Å². The molecule has 3 rings (SSSR count). The number of nitrogens with zero attached hydrogens (tertiary/aromatic N) is 2. The van der Waals surface area contributed by atoms with E-state index in [2.05, 4.69) is 10.3 Å². The highest BCUT2D eigenvalue weighted by Crippen LogP contribution is 2.48. The van der Waals surface area contributed by atoms with Crippen LogP contribution < -0.4 is 5.32 Å². The van der Waals surface area contributed by atoms with Gasteiger partial charge in [-0.3, -0.25) is 4.79 Å². The topological polar surface area (TPSA) is 84.2 Å². The molecule has 108 valence electrons. The lowest BCUT2D eigenvalue weighted by molar-refractivity contribution is -0.126. The van der Waals surface area contributed by atoms with E-state index in [1.165, 1.54) is 31.8 Å². The normalized spacial score (nSPS) is 27.7. The van der Waals surface area contributed by atoms with Crippen molar-refractivity contribution in [2.45, 2.75) is 32.2 Å². The molecule has 1 aromatic rings. The minimum absolute atomic E-state index is 0.0319. The lowest BCUT2D eigenvalue weighted by Crippen LogP contribution is -2.35. The first kappa shape index (κ1) is 13.1. The Kier molecular flexibility index (Phi) is 3.46. The van der Waals surface area contributed by atoms with Gasteiger partial charge in [0.2, 0.25) is 5.91 Å². The molecule has 6 nitrogen and oxygen atoms in total. The number of carbonyl (C=O) groups is 2. The minimum atomic E-state index is -1.03. The Morgan fingerprint density at radius 1 is 1.40 bits per heavy atom. The summed E-state index contributed by atoms with van der Waals surface area (Å²) >= 11 is 0. The van der Waals surface area contributed by atoms with E-state index in [0.29, 0.717) is 19.0 Å². The molecule has 0 spiro atoms. The Bertz CT molecular complexity index is 525. The van der Waals surface area contributed by atoms with Crippen LogP contribution in [0.15, 0.2) is 12.5 Å². The van der Waals surface area contributed by atoms with Crippen molar-refractivity contribution in [1.82, 2.24) is 14.9 Å². The fraction of sp³-hybridized carbons (Fsp3) is 0.643. The maximum absolute atomic E-state index is 12.1. The van der Waals surface area contributed by atoms with Crippen molar-refractivity contribution < 1.29 is 14.7 Å². The van der Waals surface area contributed by atoms with Gasteiger partial charge in [0.15, 0.2) is 5.69 Å². The molecule has 20 heavy (non-hydrogen) atoms. The van der Waals surface area contributed by atoms with Crippen LogP contribution in [0.3, 0.4) is 0 Å². The maximum atomic E-state index is 12.1. The number of hydrogen-bond donors (Lipinski definition) is 2. The molecule has 3 atom stereocenters. The predicted molar refractivity (Wildman–Crippen MR) is 71.1 cm³/mol. The summed E-state index contributed by atoms with van der Waals surface area (Å²) in [7, 11) is 0. The van der Waals surface area contributed by atoms with Crippen LogP contribution in [-0.4, -0.2) is 33.1 Å². The van der Waals surface area contributed by atoms with Crippen molar-refractivity contribution in [2.75, 3.05) is 6.54 Å². The first-order valence-corrected chi connectivity index (χ1v) is 7.16. The molecule has 1 heterocycles. The Labute approximate surface area is 117 Å². The van der Waals surface area contributed by atoms with E-state index in [1.54, 1.807) is 4.57 Å². The van der Waals surface area contributed by atoms with Gasteiger partial charge in [-0.15, -0.1) is 0 Å². The number of amides is 1. The van der Waals surface area contributed by atoms with Gasteiger partial charge in [-0.25, -0.2) is 9.78 Å². The first-order chi connectivity index (χ1) is 9.63. The largest absolute Gasteiger partial charge is 0.476 e. The molecule has 0 aliphatic heterocycles. The molecule has 1 amide bonds. The van der Waals surface area contributed by atoms with Gasteiger partial charge in [0.05, 0.1) is 6.33 Å². The number of aromatic carboxylic acids is 1. The number of aromatic nitrogens is 2. The molecular formula is C14H19N3O3. The van der Waals surface area contributed by atoms with Crippen LogP contribution in [0.1, 0.15) is 36.2 Å². The first-order valence-electron chi connectivity index (χ1n) is 7.16. The molecule has 2 N–H and O–H groups in total. The monoisotopic (exact) mass is 277 g/mol. The molecule has 2 saturated carbocycles. The number of rotatable bonds is 5.